The molecule has 0 aliphatic heterocycles. The Bertz CT molecular complexity index is 250. The van der Waals surface area contributed by atoms with Crippen LogP contribution in [0.5, 0.6) is 0 Å². The maximum atomic E-state index is 10.8. The first kappa shape index (κ1) is 11.7. The van der Waals surface area contributed by atoms with Crippen molar-refractivity contribution in [3.8, 4) is 0 Å². The smallest absolute Gasteiger partial charge is 0.323 e. The third kappa shape index (κ3) is 3.89. The van der Waals surface area contributed by atoms with E-state index in [-0.39, 0.29) is 0 Å². The fourth-order valence-electron chi connectivity index (χ4n) is 0.526. The van der Waals surface area contributed by atoms with Crippen molar-refractivity contribution in [2.75, 3.05) is 12.3 Å². The molecule has 0 aliphatic rings. The van der Waals surface area contributed by atoms with Gasteiger partial charge < -0.3 is 4.74 Å². The van der Waals surface area contributed by atoms with Crippen LogP contribution >= 0.6 is 11.6 Å². The highest BCUT2D eigenvalue weighted by Crippen LogP contribution is 1.93. The summed E-state index contributed by atoms with van der Waals surface area (Å²) in [7, 11) is -2.38. The first-order valence-electron chi connectivity index (χ1n) is 3.06. The summed E-state index contributed by atoms with van der Waals surface area (Å²) < 4.78 is 27.9. The number of hydrogen-bond donors (Lipinski definition) is 1. The summed E-state index contributed by atoms with van der Waals surface area (Å²) in [4.78, 5) is 10.7. The highest BCUT2D eigenvalue weighted by Gasteiger charge is 2.19. The minimum atomic E-state index is -3.56. The van der Waals surface area contributed by atoms with Gasteiger partial charge in [0, 0.05) is 0 Å². The molecule has 7 heteroatoms. The lowest BCUT2D eigenvalue weighted by atomic mass is 10.4. The van der Waals surface area contributed by atoms with E-state index in [1.807, 2.05) is 4.72 Å². The Balaban J connectivity index is 4.19. The average molecular weight is 216 g/mol. The number of carbonyl (C=O) groups is 1. The number of alkyl halides is 1. The summed E-state index contributed by atoms with van der Waals surface area (Å²) in [6, 6.07) is -0.904. The van der Waals surface area contributed by atoms with Crippen LogP contribution in [0.4, 0.5) is 0 Å². The van der Waals surface area contributed by atoms with E-state index < -0.39 is 27.2 Å². The zero-order valence-electron chi connectivity index (χ0n) is 6.70. The standard InChI is InChI=1S/C5H10ClNO4S/c1-4(5(8)11-2)7-12(9,10)3-6/h4,7H,3H2,1-2H3. The maximum absolute atomic E-state index is 10.8. The Morgan fingerprint density at radius 3 is 2.50 bits per heavy atom. The molecule has 0 spiro atoms. The van der Waals surface area contributed by atoms with Crippen LogP contribution in [-0.2, 0) is 19.6 Å². The zero-order valence-corrected chi connectivity index (χ0v) is 8.28. The Hall–Kier alpha value is -0.330. The molecule has 0 rings (SSSR count). The van der Waals surface area contributed by atoms with E-state index in [1.54, 1.807) is 0 Å². The first-order chi connectivity index (χ1) is 5.43. The van der Waals surface area contributed by atoms with Crippen molar-refractivity contribution in [3.63, 3.8) is 0 Å². The van der Waals surface area contributed by atoms with Gasteiger partial charge in [-0.15, -0.1) is 11.6 Å². The lowest BCUT2D eigenvalue weighted by molar-refractivity contribution is -0.142. The van der Waals surface area contributed by atoms with Crippen molar-refractivity contribution in [1.29, 1.82) is 0 Å². The van der Waals surface area contributed by atoms with Crippen LogP contribution in [-0.4, -0.2) is 32.8 Å². The van der Waals surface area contributed by atoms with Gasteiger partial charge in [-0.3, -0.25) is 4.79 Å². The molecule has 1 N–H and O–H groups in total. The van der Waals surface area contributed by atoms with Crippen LogP contribution in [0.2, 0.25) is 0 Å². The van der Waals surface area contributed by atoms with Gasteiger partial charge in [0.25, 0.3) is 0 Å². The molecule has 0 heterocycles. The van der Waals surface area contributed by atoms with Crippen LogP contribution in [0.1, 0.15) is 6.92 Å². The zero-order chi connectivity index (χ0) is 9.78. The third-order valence-corrected chi connectivity index (χ3v) is 2.92. The largest absolute Gasteiger partial charge is 0.468 e. The monoisotopic (exact) mass is 215 g/mol. The van der Waals surface area contributed by atoms with Gasteiger partial charge in [-0.25, -0.2) is 13.1 Å². The molecule has 0 aromatic heterocycles. The van der Waals surface area contributed by atoms with Crippen LogP contribution < -0.4 is 4.72 Å². The minimum Gasteiger partial charge on any atom is -0.468 e. The van der Waals surface area contributed by atoms with Crippen molar-refractivity contribution in [2.45, 2.75) is 13.0 Å². The Morgan fingerprint density at radius 2 is 2.17 bits per heavy atom. The molecule has 0 aliphatic carbocycles. The van der Waals surface area contributed by atoms with Gasteiger partial charge in [0.15, 0.2) is 0 Å². The van der Waals surface area contributed by atoms with Gasteiger partial charge in [-0.2, -0.15) is 0 Å². The quantitative estimate of drug-likeness (QED) is 0.515. The molecule has 0 fully saturated rings. The summed E-state index contributed by atoms with van der Waals surface area (Å²) in [5.41, 5.74) is 0. The van der Waals surface area contributed by atoms with Gasteiger partial charge in [-0.05, 0) is 6.92 Å². The van der Waals surface area contributed by atoms with E-state index in [0.717, 1.165) is 0 Å². The predicted octanol–water partition coefficient (Wildman–Crippen LogP) is -0.336. The van der Waals surface area contributed by atoms with E-state index in [9.17, 15) is 13.2 Å². The van der Waals surface area contributed by atoms with Crippen molar-refractivity contribution in [3.05, 3.63) is 0 Å². The third-order valence-electron chi connectivity index (χ3n) is 1.05. The number of carbonyl (C=O) groups excluding carboxylic acids is 1. The van der Waals surface area contributed by atoms with Gasteiger partial charge in [0.1, 0.15) is 11.3 Å². The van der Waals surface area contributed by atoms with E-state index in [4.69, 9.17) is 11.6 Å². The number of ether oxygens (including phenoxy) is 1. The molecule has 0 bridgehead atoms. The lowest BCUT2D eigenvalue weighted by Gasteiger charge is -2.09. The highest BCUT2D eigenvalue weighted by molar-refractivity contribution is 7.90. The van der Waals surface area contributed by atoms with Crippen molar-refractivity contribution in [2.24, 2.45) is 0 Å². The van der Waals surface area contributed by atoms with E-state index in [2.05, 4.69) is 4.74 Å². The molecule has 1 unspecified atom stereocenters. The molecule has 12 heavy (non-hydrogen) atoms. The summed E-state index contributed by atoms with van der Waals surface area (Å²) in [5.74, 6) is -0.649. The number of nitrogens with one attached hydrogen (secondary N) is 1. The van der Waals surface area contributed by atoms with E-state index in [0.29, 0.717) is 0 Å². The minimum absolute atomic E-state index is 0.575. The number of rotatable bonds is 4. The van der Waals surface area contributed by atoms with Crippen molar-refractivity contribution >= 4 is 27.6 Å². The highest BCUT2D eigenvalue weighted by atomic mass is 35.5. The second-order valence-electron chi connectivity index (χ2n) is 2.09. The number of methoxy groups -OCH3 is 1. The molecule has 72 valence electrons. The van der Waals surface area contributed by atoms with Crippen molar-refractivity contribution < 1.29 is 17.9 Å². The Morgan fingerprint density at radius 1 is 1.67 bits per heavy atom. The normalized spacial score (nSPS) is 13.9. The SMILES string of the molecule is COC(=O)C(C)NS(=O)(=O)CCl. The van der Waals surface area contributed by atoms with Crippen LogP contribution in [0.25, 0.3) is 0 Å². The van der Waals surface area contributed by atoms with Gasteiger partial charge >= 0.3 is 5.97 Å². The van der Waals surface area contributed by atoms with E-state index in [1.165, 1.54) is 14.0 Å². The molecule has 0 aromatic rings. The van der Waals surface area contributed by atoms with Crippen LogP contribution in [0.3, 0.4) is 0 Å². The van der Waals surface area contributed by atoms with Gasteiger partial charge in [-0.1, -0.05) is 0 Å². The molecule has 0 aromatic carbocycles. The fourth-order valence-corrected chi connectivity index (χ4v) is 1.41. The summed E-state index contributed by atoms with van der Waals surface area (Å²) >= 11 is 5.08. The summed E-state index contributed by atoms with van der Waals surface area (Å²) in [6.07, 6.45) is 0. The molecular formula is C5H10ClNO4S. The van der Waals surface area contributed by atoms with Crippen LogP contribution in [0, 0.1) is 0 Å². The average Bonchev–Trinajstić information content (AvgIpc) is 2.02. The second-order valence-corrected chi connectivity index (χ2v) is 4.42. The fraction of sp³-hybridized carbons (Fsp3) is 0.800. The second kappa shape index (κ2) is 4.64. The molecule has 5 nitrogen and oxygen atoms in total. The topological polar surface area (TPSA) is 72.5 Å². The number of halogens is 1. The summed E-state index contributed by atoms with van der Waals surface area (Å²) in [6.45, 7) is 1.37. The Labute approximate surface area is 76.1 Å². The predicted molar refractivity (Wildman–Crippen MR) is 44.3 cm³/mol. The molecule has 0 saturated heterocycles. The molecular weight excluding hydrogens is 206 g/mol. The first-order valence-corrected chi connectivity index (χ1v) is 5.25. The van der Waals surface area contributed by atoms with Crippen molar-refractivity contribution in [1.82, 2.24) is 4.72 Å². The molecule has 0 amide bonds. The Kier molecular flexibility index (Phi) is 4.51. The van der Waals surface area contributed by atoms with E-state index >= 15 is 0 Å². The lowest BCUT2D eigenvalue weighted by Crippen LogP contribution is -2.39. The molecule has 0 saturated carbocycles. The molecule has 1 atom stereocenters. The summed E-state index contributed by atoms with van der Waals surface area (Å²) in [5, 5.41) is -0.575. The number of sulfonamides is 1. The van der Waals surface area contributed by atoms with Gasteiger partial charge in [0.2, 0.25) is 10.0 Å². The number of esters is 1. The van der Waals surface area contributed by atoms with Crippen LogP contribution in [0.15, 0.2) is 0 Å². The molecule has 0 radical (unpaired) electrons. The number of hydrogen-bond acceptors (Lipinski definition) is 4. The van der Waals surface area contributed by atoms with Gasteiger partial charge in [0.05, 0.1) is 7.11 Å². The maximum Gasteiger partial charge on any atom is 0.323 e.